The number of hydrogen-bond acceptors (Lipinski definition) is 1. The van der Waals surface area contributed by atoms with Crippen molar-refractivity contribution in [1.82, 2.24) is 0 Å². The molecular weight excluding hydrogens is 112 g/mol. The Morgan fingerprint density at radius 2 is 2.11 bits per heavy atom. The van der Waals surface area contributed by atoms with Crippen molar-refractivity contribution in [3.05, 3.63) is 0 Å². The molecule has 0 aliphatic carbocycles. The molecule has 1 fully saturated rings. The number of ether oxygens (including phenoxy) is 1. The highest BCUT2D eigenvalue weighted by Crippen LogP contribution is 2.14. The molecule has 0 saturated carbocycles. The Kier molecular flexibility index (Phi) is 6.06. The van der Waals surface area contributed by atoms with Crippen LogP contribution in [0, 0.1) is 5.92 Å². The fraction of sp³-hybridized carbons (Fsp3) is 1.00. The Hall–Kier alpha value is -0.0400. The molecule has 56 valence electrons. The average Bonchev–Trinajstić information content (AvgIpc) is 2.43. The largest absolute Gasteiger partial charge is 0.381 e. The molecule has 0 aromatic rings. The van der Waals surface area contributed by atoms with E-state index in [1.54, 1.807) is 0 Å². The summed E-state index contributed by atoms with van der Waals surface area (Å²) in [7, 11) is 0. The maximum Gasteiger partial charge on any atom is 0.0495 e. The lowest BCUT2D eigenvalue weighted by molar-refractivity contribution is 0.185. The van der Waals surface area contributed by atoms with Crippen LogP contribution in [-0.4, -0.2) is 13.2 Å². The van der Waals surface area contributed by atoms with Crippen molar-refractivity contribution in [3.63, 3.8) is 0 Å². The van der Waals surface area contributed by atoms with Gasteiger partial charge in [-0.2, -0.15) is 0 Å². The van der Waals surface area contributed by atoms with Crippen molar-refractivity contribution in [2.75, 3.05) is 13.2 Å². The second-order valence-electron chi connectivity index (χ2n) is 2.14. The lowest BCUT2D eigenvalue weighted by Gasteiger charge is -1.97. The molecule has 0 unspecified atom stereocenters. The predicted molar refractivity (Wildman–Crippen MR) is 40.6 cm³/mol. The first-order valence-electron chi connectivity index (χ1n) is 4.01. The standard InChI is InChI=1S/C6H12O.C2H6/c1-2-6-3-4-7-5-6;1-2/h6H,2-5H2,1H3;1-2H3/t6-;/m1./s1. The van der Waals surface area contributed by atoms with Gasteiger partial charge in [0.25, 0.3) is 0 Å². The third-order valence-corrected chi connectivity index (χ3v) is 1.60. The van der Waals surface area contributed by atoms with Crippen molar-refractivity contribution in [2.45, 2.75) is 33.6 Å². The molecule has 1 heteroatoms. The van der Waals surface area contributed by atoms with Crippen molar-refractivity contribution < 1.29 is 4.74 Å². The van der Waals surface area contributed by atoms with Gasteiger partial charge in [-0.1, -0.05) is 27.2 Å². The lowest BCUT2D eigenvalue weighted by Crippen LogP contribution is -1.94. The normalized spacial score (nSPS) is 25.0. The van der Waals surface area contributed by atoms with E-state index < -0.39 is 0 Å². The summed E-state index contributed by atoms with van der Waals surface area (Å²) in [6, 6.07) is 0. The summed E-state index contributed by atoms with van der Waals surface area (Å²) in [5.41, 5.74) is 0. The van der Waals surface area contributed by atoms with Crippen LogP contribution in [0.15, 0.2) is 0 Å². The predicted octanol–water partition coefficient (Wildman–Crippen LogP) is 2.46. The Morgan fingerprint density at radius 3 is 2.33 bits per heavy atom. The first kappa shape index (κ1) is 8.96. The van der Waals surface area contributed by atoms with E-state index in [4.69, 9.17) is 4.74 Å². The maximum absolute atomic E-state index is 5.15. The zero-order valence-electron chi connectivity index (χ0n) is 6.81. The summed E-state index contributed by atoms with van der Waals surface area (Å²) < 4.78 is 5.15. The molecule has 0 spiro atoms. The van der Waals surface area contributed by atoms with Gasteiger partial charge in [-0.15, -0.1) is 0 Å². The molecule has 0 bridgehead atoms. The highest BCUT2D eigenvalue weighted by Gasteiger charge is 2.11. The molecule has 1 nitrogen and oxygen atoms in total. The van der Waals surface area contributed by atoms with Crippen LogP contribution in [-0.2, 0) is 4.74 Å². The molecule has 1 atom stereocenters. The van der Waals surface area contributed by atoms with E-state index in [0.717, 1.165) is 19.1 Å². The Labute approximate surface area is 58.4 Å². The van der Waals surface area contributed by atoms with Crippen molar-refractivity contribution >= 4 is 0 Å². The van der Waals surface area contributed by atoms with Gasteiger partial charge in [0.1, 0.15) is 0 Å². The molecule has 1 aliphatic rings. The molecule has 0 amide bonds. The quantitative estimate of drug-likeness (QED) is 0.530. The summed E-state index contributed by atoms with van der Waals surface area (Å²) in [6.45, 7) is 8.23. The van der Waals surface area contributed by atoms with E-state index in [0.29, 0.717) is 0 Å². The minimum atomic E-state index is 0.875. The van der Waals surface area contributed by atoms with Crippen molar-refractivity contribution in [2.24, 2.45) is 5.92 Å². The van der Waals surface area contributed by atoms with Gasteiger partial charge in [0, 0.05) is 13.2 Å². The topological polar surface area (TPSA) is 9.23 Å². The summed E-state index contributed by atoms with van der Waals surface area (Å²) in [6.07, 6.45) is 2.58. The molecule has 0 aromatic heterocycles. The Bertz CT molecular complexity index is 46.5. The second-order valence-corrected chi connectivity index (χ2v) is 2.14. The fourth-order valence-electron chi connectivity index (χ4n) is 0.905. The van der Waals surface area contributed by atoms with Crippen LogP contribution in [0.25, 0.3) is 0 Å². The van der Waals surface area contributed by atoms with Gasteiger partial charge >= 0.3 is 0 Å². The zero-order chi connectivity index (χ0) is 7.11. The third-order valence-electron chi connectivity index (χ3n) is 1.60. The van der Waals surface area contributed by atoms with Crippen LogP contribution in [0.2, 0.25) is 0 Å². The minimum Gasteiger partial charge on any atom is -0.381 e. The first-order chi connectivity index (χ1) is 4.43. The van der Waals surface area contributed by atoms with Crippen LogP contribution in [0.3, 0.4) is 0 Å². The smallest absolute Gasteiger partial charge is 0.0495 e. The van der Waals surface area contributed by atoms with E-state index in [1.807, 2.05) is 13.8 Å². The van der Waals surface area contributed by atoms with Gasteiger partial charge in [0.2, 0.25) is 0 Å². The fourth-order valence-corrected chi connectivity index (χ4v) is 0.905. The summed E-state index contributed by atoms with van der Waals surface area (Å²) >= 11 is 0. The van der Waals surface area contributed by atoms with Gasteiger partial charge in [-0.05, 0) is 12.3 Å². The van der Waals surface area contributed by atoms with Crippen molar-refractivity contribution in [3.8, 4) is 0 Å². The maximum atomic E-state index is 5.15. The van der Waals surface area contributed by atoms with E-state index >= 15 is 0 Å². The van der Waals surface area contributed by atoms with Gasteiger partial charge in [-0.3, -0.25) is 0 Å². The molecular formula is C8H18O. The van der Waals surface area contributed by atoms with E-state index in [-0.39, 0.29) is 0 Å². The first-order valence-corrected chi connectivity index (χ1v) is 4.01. The Morgan fingerprint density at radius 1 is 1.44 bits per heavy atom. The van der Waals surface area contributed by atoms with Crippen LogP contribution in [0.4, 0.5) is 0 Å². The second kappa shape index (κ2) is 6.09. The summed E-state index contributed by atoms with van der Waals surface area (Å²) in [4.78, 5) is 0. The van der Waals surface area contributed by atoms with E-state index in [9.17, 15) is 0 Å². The lowest BCUT2D eigenvalue weighted by atomic mass is 10.1. The zero-order valence-corrected chi connectivity index (χ0v) is 6.81. The van der Waals surface area contributed by atoms with Crippen LogP contribution in [0.1, 0.15) is 33.6 Å². The number of hydrogen-bond donors (Lipinski definition) is 0. The summed E-state index contributed by atoms with van der Waals surface area (Å²) in [5.74, 6) is 0.875. The van der Waals surface area contributed by atoms with Gasteiger partial charge in [-0.25, -0.2) is 0 Å². The van der Waals surface area contributed by atoms with Gasteiger partial charge < -0.3 is 4.74 Å². The highest BCUT2D eigenvalue weighted by atomic mass is 16.5. The van der Waals surface area contributed by atoms with Crippen molar-refractivity contribution in [1.29, 1.82) is 0 Å². The van der Waals surface area contributed by atoms with Crippen LogP contribution in [0.5, 0.6) is 0 Å². The average molecular weight is 130 g/mol. The molecule has 1 heterocycles. The SMILES string of the molecule is CC.CC[C@@H]1CCOC1. The van der Waals surface area contributed by atoms with Gasteiger partial charge in [0.15, 0.2) is 0 Å². The minimum absolute atomic E-state index is 0.875. The van der Waals surface area contributed by atoms with E-state index in [2.05, 4.69) is 6.92 Å². The molecule has 0 N–H and O–H groups in total. The Balaban J connectivity index is 0.000000291. The highest BCUT2D eigenvalue weighted by molar-refractivity contribution is 4.60. The number of rotatable bonds is 1. The monoisotopic (exact) mass is 130 g/mol. The summed E-state index contributed by atoms with van der Waals surface area (Å²) in [5, 5.41) is 0. The molecule has 0 radical (unpaired) electrons. The van der Waals surface area contributed by atoms with Gasteiger partial charge in [0.05, 0.1) is 0 Å². The van der Waals surface area contributed by atoms with Crippen LogP contribution >= 0.6 is 0 Å². The molecule has 1 saturated heterocycles. The van der Waals surface area contributed by atoms with Crippen LogP contribution < -0.4 is 0 Å². The molecule has 1 rings (SSSR count). The molecule has 9 heavy (non-hydrogen) atoms. The van der Waals surface area contributed by atoms with E-state index in [1.165, 1.54) is 12.8 Å². The molecule has 1 aliphatic heterocycles. The third kappa shape index (κ3) is 3.52. The molecule has 0 aromatic carbocycles.